The fourth-order valence-electron chi connectivity index (χ4n) is 5.18. The summed E-state index contributed by atoms with van der Waals surface area (Å²) >= 11 is 1.33. The van der Waals surface area contributed by atoms with Gasteiger partial charge in [-0.1, -0.05) is 0 Å². The Morgan fingerprint density at radius 3 is 2.53 bits per heavy atom. The number of hydrogen-bond donors (Lipinski definition) is 0. The van der Waals surface area contributed by atoms with Gasteiger partial charge in [0.2, 0.25) is 5.91 Å². The monoisotopic (exact) mass is 540 g/mol. The lowest BCUT2D eigenvalue weighted by molar-refractivity contribution is -0.141. The van der Waals surface area contributed by atoms with Gasteiger partial charge < -0.3 is 14.4 Å². The Bertz CT molecular complexity index is 1490. The lowest BCUT2D eigenvalue weighted by Gasteiger charge is -2.37. The maximum atomic E-state index is 13.1. The number of piperazine rings is 1. The number of aromatic nitrogens is 3. The molecule has 0 unspecified atom stereocenters. The van der Waals surface area contributed by atoms with E-state index in [2.05, 4.69) is 14.9 Å². The average molecular weight is 541 g/mol. The Hall–Kier alpha value is -3.77. The molecule has 0 aliphatic carbocycles. The molecular weight excluding hydrogens is 517 g/mol. The fraction of sp³-hybridized carbons (Fsp3) is 0.308. The highest BCUT2D eigenvalue weighted by atomic mass is 32.1. The summed E-state index contributed by atoms with van der Waals surface area (Å²) in [4.78, 5) is 38.9. The SMILES string of the molecule is O=C(c1nccs1)N1CCN([C@@H]2CC(=O)N(c3ccc4c(ccn4-c4ccnc(C(F)(F)F)c4)c3)C2)CC1. The van der Waals surface area contributed by atoms with Crippen molar-refractivity contribution in [3.05, 3.63) is 71.1 Å². The molecule has 4 aromatic rings. The number of alkyl halides is 3. The third kappa shape index (κ3) is 4.54. The van der Waals surface area contributed by atoms with Gasteiger partial charge in [-0.2, -0.15) is 13.2 Å². The fourth-order valence-corrected chi connectivity index (χ4v) is 5.79. The number of carbonyl (C=O) groups excluding carboxylic acids is 2. The molecule has 0 spiro atoms. The summed E-state index contributed by atoms with van der Waals surface area (Å²) < 4.78 is 41.1. The summed E-state index contributed by atoms with van der Waals surface area (Å²) in [7, 11) is 0. The van der Waals surface area contributed by atoms with Crippen molar-refractivity contribution >= 4 is 39.7 Å². The number of rotatable bonds is 4. The van der Waals surface area contributed by atoms with E-state index in [9.17, 15) is 22.8 Å². The highest BCUT2D eigenvalue weighted by molar-refractivity contribution is 7.11. The third-order valence-electron chi connectivity index (χ3n) is 7.14. The molecule has 8 nitrogen and oxygen atoms in total. The Kier molecular flexibility index (Phi) is 6.15. The molecule has 0 bridgehead atoms. The average Bonchev–Trinajstić information content (AvgIpc) is 3.68. The van der Waals surface area contributed by atoms with E-state index < -0.39 is 11.9 Å². The van der Waals surface area contributed by atoms with Crippen LogP contribution in [-0.2, 0) is 11.0 Å². The molecule has 2 fully saturated rings. The quantitative estimate of drug-likeness (QED) is 0.390. The Balaban J connectivity index is 1.15. The minimum atomic E-state index is -4.53. The molecule has 0 N–H and O–H groups in total. The molecule has 2 amide bonds. The van der Waals surface area contributed by atoms with Gasteiger partial charge in [-0.15, -0.1) is 11.3 Å². The van der Waals surface area contributed by atoms with Crippen LogP contribution in [0.1, 0.15) is 21.9 Å². The van der Waals surface area contributed by atoms with Gasteiger partial charge in [-0.3, -0.25) is 19.5 Å². The maximum absolute atomic E-state index is 13.1. The van der Waals surface area contributed by atoms with Gasteiger partial charge in [0.25, 0.3) is 5.91 Å². The Morgan fingerprint density at radius 1 is 0.974 bits per heavy atom. The van der Waals surface area contributed by atoms with Crippen LogP contribution in [0.3, 0.4) is 0 Å². The van der Waals surface area contributed by atoms with Crippen LogP contribution in [0.5, 0.6) is 0 Å². The lowest BCUT2D eigenvalue weighted by Crippen LogP contribution is -2.52. The zero-order valence-electron chi connectivity index (χ0n) is 20.1. The molecule has 196 valence electrons. The standard InChI is InChI=1S/C26H23F3N6O2S/c27-26(28,29)22-14-19(3-5-30-22)34-7-4-17-13-18(1-2-21(17)34)35-16-20(15-23(35)36)32-8-10-33(11-9-32)25(37)24-31-6-12-38-24/h1-7,12-14,20H,8-11,15-16H2/t20-/m1/s1. The third-order valence-corrected chi connectivity index (χ3v) is 7.90. The molecule has 0 radical (unpaired) electrons. The summed E-state index contributed by atoms with van der Waals surface area (Å²) in [6.45, 7) is 3.11. The van der Waals surface area contributed by atoms with Crippen LogP contribution in [0, 0.1) is 0 Å². The topological polar surface area (TPSA) is 74.6 Å². The van der Waals surface area contributed by atoms with Gasteiger partial charge in [0.05, 0.1) is 5.52 Å². The van der Waals surface area contributed by atoms with E-state index in [1.165, 1.54) is 17.4 Å². The van der Waals surface area contributed by atoms with Gasteiger partial charge in [0.1, 0.15) is 5.69 Å². The molecule has 3 aromatic heterocycles. The number of anilines is 1. The number of carbonyl (C=O) groups is 2. The number of fused-ring (bicyclic) bond motifs is 1. The van der Waals surface area contributed by atoms with Gasteiger partial charge >= 0.3 is 6.18 Å². The number of thiazole rings is 1. The van der Waals surface area contributed by atoms with E-state index in [1.54, 1.807) is 27.2 Å². The van der Waals surface area contributed by atoms with Gasteiger partial charge in [0.15, 0.2) is 5.01 Å². The van der Waals surface area contributed by atoms with Crippen LogP contribution in [0.4, 0.5) is 18.9 Å². The number of pyridine rings is 1. The van der Waals surface area contributed by atoms with E-state index in [1.807, 2.05) is 29.2 Å². The number of benzene rings is 1. The summed E-state index contributed by atoms with van der Waals surface area (Å²) in [6, 6.07) is 9.97. The molecule has 5 heterocycles. The summed E-state index contributed by atoms with van der Waals surface area (Å²) in [5.74, 6) is -0.0237. The Morgan fingerprint density at radius 2 is 1.79 bits per heavy atom. The Labute approximate surface area is 219 Å². The number of hydrogen-bond acceptors (Lipinski definition) is 6. The van der Waals surface area contributed by atoms with Crippen LogP contribution in [0.15, 0.2) is 60.4 Å². The second-order valence-electron chi connectivity index (χ2n) is 9.35. The van der Waals surface area contributed by atoms with Crippen molar-refractivity contribution in [2.45, 2.75) is 18.6 Å². The first-order valence-electron chi connectivity index (χ1n) is 12.2. The second-order valence-corrected chi connectivity index (χ2v) is 10.2. The molecule has 6 rings (SSSR count). The van der Waals surface area contributed by atoms with Crippen LogP contribution in [0.2, 0.25) is 0 Å². The zero-order valence-corrected chi connectivity index (χ0v) is 21.0. The minimum absolute atomic E-state index is 0.0269. The van der Waals surface area contributed by atoms with Crippen LogP contribution in [-0.4, -0.2) is 74.9 Å². The summed E-state index contributed by atoms with van der Waals surface area (Å²) in [6.07, 6.45) is 0.363. The summed E-state index contributed by atoms with van der Waals surface area (Å²) in [5.41, 5.74) is 0.902. The minimum Gasteiger partial charge on any atom is -0.334 e. The van der Waals surface area contributed by atoms with Crippen molar-refractivity contribution in [2.24, 2.45) is 0 Å². The van der Waals surface area contributed by atoms with Crippen molar-refractivity contribution < 1.29 is 22.8 Å². The predicted octanol–water partition coefficient (Wildman–Crippen LogP) is 4.06. The van der Waals surface area contributed by atoms with Gasteiger partial charge in [0, 0.05) is 85.9 Å². The predicted molar refractivity (Wildman–Crippen MR) is 136 cm³/mol. The van der Waals surface area contributed by atoms with Crippen molar-refractivity contribution in [1.82, 2.24) is 24.3 Å². The second kappa shape index (κ2) is 9.52. The van der Waals surface area contributed by atoms with Crippen molar-refractivity contribution in [1.29, 1.82) is 0 Å². The highest BCUT2D eigenvalue weighted by Crippen LogP contribution is 2.32. The van der Waals surface area contributed by atoms with E-state index in [0.717, 1.165) is 28.9 Å². The van der Waals surface area contributed by atoms with Crippen molar-refractivity contribution in [3.63, 3.8) is 0 Å². The van der Waals surface area contributed by atoms with Crippen LogP contribution >= 0.6 is 11.3 Å². The molecule has 2 aliphatic heterocycles. The molecule has 1 atom stereocenters. The maximum Gasteiger partial charge on any atom is 0.433 e. The first kappa shape index (κ1) is 24.6. The number of halogens is 3. The van der Waals surface area contributed by atoms with Crippen molar-refractivity contribution in [3.8, 4) is 5.69 Å². The normalized spacial score (nSPS) is 19.0. The number of nitrogens with zero attached hydrogens (tertiary/aromatic N) is 6. The lowest BCUT2D eigenvalue weighted by atomic mass is 10.2. The first-order valence-corrected chi connectivity index (χ1v) is 13.0. The van der Waals surface area contributed by atoms with Gasteiger partial charge in [-0.05, 0) is 36.4 Å². The smallest absolute Gasteiger partial charge is 0.334 e. The van der Waals surface area contributed by atoms with Gasteiger partial charge in [-0.25, -0.2) is 4.98 Å². The van der Waals surface area contributed by atoms with Crippen molar-refractivity contribution in [2.75, 3.05) is 37.6 Å². The molecule has 2 aliphatic rings. The zero-order chi connectivity index (χ0) is 26.4. The van der Waals surface area contributed by atoms with E-state index in [0.29, 0.717) is 49.8 Å². The number of amides is 2. The largest absolute Gasteiger partial charge is 0.433 e. The van der Waals surface area contributed by atoms with E-state index in [4.69, 9.17) is 0 Å². The van der Waals surface area contributed by atoms with E-state index >= 15 is 0 Å². The molecule has 38 heavy (non-hydrogen) atoms. The molecule has 1 aromatic carbocycles. The molecule has 0 saturated carbocycles. The highest BCUT2D eigenvalue weighted by Gasteiger charge is 2.37. The molecule has 2 saturated heterocycles. The van der Waals surface area contributed by atoms with Crippen LogP contribution in [0.25, 0.3) is 16.6 Å². The summed E-state index contributed by atoms with van der Waals surface area (Å²) in [5, 5.41) is 3.10. The van der Waals surface area contributed by atoms with E-state index in [-0.39, 0.29) is 17.9 Å². The first-order chi connectivity index (χ1) is 18.3. The molecule has 12 heteroatoms. The molecular formula is C26H23F3N6O2S. The van der Waals surface area contributed by atoms with Crippen LogP contribution < -0.4 is 4.90 Å².